The maximum atomic E-state index is 14.5. The van der Waals surface area contributed by atoms with Crippen molar-refractivity contribution in [2.75, 3.05) is 13.2 Å². The molecule has 0 radical (unpaired) electrons. The number of ether oxygens (including phenoxy) is 1. The molecule has 5 rings (SSSR count). The first-order valence-electron chi connectivity index (χ1n) is 11.0. The summed E-state index contributed by atoms with van der Waals surface area (Å²) in [5.74, 6) is -1.09. The zero-order valence-corrected chi connectivity index (χ0v) is 18.9. The van der Waals surface area contributed by atoms with E-state index in [1.54, 1.807) is 18.2 Å². The first kappa shape index (κ1) is 23.1. The standard InChI is InChI=1S/C25H25F2N3O2.ClH/c26-16-6-9-23-20(11-16)15(13-29-23)3-2-10-30(17-4-1-5-17)18-12-21-22(27)8-7-19(25(28)31)24(21)32-14-18;/h6-9,11-13,17,29H,1-5,10,14H2,(H2,28,31);1H. The van der Waals surface area contributed by atoms with Crippen LogP contribution in [-0.4, -0.2) is 35.0 Å². The van der Waals surface area contributed by atoms with Crippen molar-refractivity contribution in [2.45, 2.75) is 38.1 Å². The van der Waals surface area contributed by atoms with E-state index < -0.39 is 11.7 Å². The van der Waals surface area contributed by atoms with E-state index >= 15 is 0 Å². The molecule has 0 unspecified atom stereocenters. The minimum absolute atomic E-state index is 0. The zero-order valence-electron chi connectivity index (χ0n) is 18.1. The number of amides is 1. The van der Waals surface area contributed by atoms with E-state index in [-0.39, 0.29) is 41.7 Å². The first-order valence-corrected chi connectivity index (χ1v) is 11.0. The Morgan fingerprint density at radius 3 is 2.76 bits per heavy atom. The average molecular weight is 474 g/mol. The summed E-state index contributed by atoms with van der Waals surface area (Å²) in [5.41, 5.74) is 8.82. The summed E-state index contributed by atoms with van der Waals surface area (Å²) in [7, 11) is 0. The minimum Gasteiger partial charge on any atom is -0.486 e. The summed E-state index contributed by atoms with van der Waals surface area (Å²) < 4.78 is 34.0. The van der Waals surface area contributed by atoms with Crippen LogP contribution in [0, 0.1) is 11.6 Å². The van der Waals surface area contributed by atoms with Crippen LogP contribution in [0.3, 0.4) is 0 Å². The number of fused-ring (bicyclic) bond motifs is 2. The molecule has 1 aliphatic heterocycles. The number of rotatable bonds is 7. The molecule has 1 saturated carbocycles. The van der Waals surface area contributed by atoms with Gasteiger partial charge in [0.05, 0.1) is 16.8 Å². The molecule has 1 amide bonds. The van der Waals surface area contributed by atoms with Crippen molar-refractivity contribution in [3.8, 4) is 5.75 Å². The first-order chi connectivity index (χ1) is 15.5. The Bertz CT molecular complexity index is 1220. The monoisotopic (exact) mass is 473 g/mol. The molecule has 5 nitrogen and oxygen atoms in total. The van der Waals surface area contributed by atoms with Crippen LogP contribution in [-0.2, 0) is 6.42 Å². The number of nitrogens with zero attached hydrogens (tertiary/aromatic N) is 1. The normalized spacial score (nSPS) is 15.2. The summed E-state index contributed by atoms with van der Waals surface area (Å²) in [5, 5.41) is 0.912. The summed E-state index contributed by atoms with van der Waals surface area (Å²) in [4.78, 5) is 17.2. The lowest BCUT2D eigenvalue weighted by Gasteiger charge is -2.41. The van der Waals surface area contributed by atoms with Crippen LogP contribution in [0.5, 0.6) is 5.75 Å². The molecular weight excluding hydrogens is 448 g/mol. The topological polar surface area (TPSA) is 71.4 Å². The molecule has 3 N–H and O–H groups in total. The van der Waals surface area contributed by atoms with E-state index in [0.717, 1.165) is 54.4 Å². The predicted molar refractivity (Wildman–Crippen MR) is 127 cm³/mol. The fourth-order valence-corrected chi connectivity index (χ4v) is 4.64. The third-order valence-electron chi connectivity index (χ3n) is 6.54. The average Bonchev–Trinajstić information content (AvgIpc) is 3.13. The van der Waals surface area contributed by atoms with Crippen LogP contribution in [0.1, 0.15) is 47.2 Å². The van der Waals surface area contributed by atoms with Gasteiger partial charge in [0.25, 0.3) is 5.91 Å². The molecule has 2 aromatic carbocycles. The van der Waals surface area contributed by atoms with Crippen LogP contribution in [0.2, 0.25) is 0 Å². The number of nitrogens with two attached hydrogens (primary N) is 1. The van der Waals surface area contributed by atoms with Gasteiger partial charge in [0.2, 0.25) is 0 Å². The van der Waals surface area contributed by atoms with Crippen LogP contribution in [0.15, 0.2) is 42.2 Å². The predicted octanol–water partition coefficient (Wildman–Crippen LogP) is 5.19. The van der Waals surface area contributed by atoms with Gasteiger partial charge in [-0.2, -0.15) is 0 Å². The maximum Gasteiger partial charge on any atom is 0.252 e. The number of nitrogens with one attached hydrogen (secondary N) is 1. The summed E-state index contributed by atoms with van der Waals surface area (Å²) in [6, 6.07) is 7.80. The fraction of sp³-hybridized carbons (Fsp3) is 0.320. The molecule has 0 bridgehead atoms. The van der Waals surface area contributed by atoms with Crippen LogP contribution >= 0.6 is 12.4 Å². The second-order valence-corrected chi connectivity index (χ2v) is 8.51. The molecule has 0 atom stereocenters. The lowest BCUT2D eigenvalue weighted by molar-refractivity contribution is 0.0994. The maximum absolute atomic E-state index is 14.5. The van der Waals surface area contributed by atoms with E-state index in [4.69, 9.17) is 10.5 Å². The molecular formula is C25H26ClF2N3O2. The van der Waals surface area contributed by atoms with Crippen molar-refractivity contribution in [3.63, 3.8) is 0 Å². The van der Waals surface area contributed by atoms with Gasteiger partial charge in [-0.1, -0.05) is 0 Å². The highest BCUT2D eigenvalue weighted by Crippen LogP contribution is 2.36. The molecule has 1 fully saturated rings. The number of carbonyl (C=O) groups is 1. The van der Waals surface area contributed by atoms with Crippen molar-refractivity contribution >= 4 is 35.3 Å². The quantitative estimate of drug-likeness (QED) is 0.496. The summed E-state index contributed by atoms with van der Waals surface area (Å²) >= 11 is 0. The molecule has 174 valence electrons. The molecule has 3 aromatic rings. The van der Waals surface area contributed by atoms with E-state index in [1.165, 1.54) is 24.6 Å². The van der Waals surface area contributed by atoms with E-state index in [1.807, 2.05) is 6.20 Å². The van der Waals surface area contributed by atoms with E-state index in [2.05, 4.69) is 9.88 Å². The molecule has 33 heavy (non-hydrogen) atoms. The van der Waals surface area contributed by atoms with Gasteiger partial charge in [-0.25, -0.2) is 8.78 Å². The number of benzene rings is 2. The Morgan fingerprint density at radius 2 is 2.03 bits per heavy atom. The van der Waals surface area contributed by atoms with Crippen molar-refractivity contribution in [2.24, 2.45) is 5.73 Å². The van der Waals surface area contributed by atoms with Gasteiger partial charge in [-0.15, -0.1) is 12.4 Å². The number of primary amides is 1. The Hall–Kier alpha value is -3.06. The molecule has 1 aromatic heterocycles. The third kappa shape index (κ3) is 4.42. The number of hydrogen-bond donors (Lipinski definition) is 2. The molecule has 2 aliphatic rings. The highest BCUT2D eigenvalue weighted by Gasteiger charge is 2.30. The number of aromatic amines is 1. The number of aryl methyl sites for hydroxylation is 1. The van der Waals surface area contributed by atoms with Crippen molar-refractivity contribution in [1.29, 1.82) is 0 Å². The molecule has 1 aliphatic carbocycles. The minimum atomic E-state index is -0.635. The van der Waals surface area contributed by atoms with E-state index in [9.17, 15) is 13.6 Å². The summed E-state index contributed by atoms with van der Waals surface area (Å²) in [6.07, 6.45) is 8.76. The van der Waals surface area contributed by atoms with Crippen LogP contribution in [0.25, 0.3) is 17.0 Å². The molecule has 2 heterocycles. The number of H-pyrrole nitrogens is 1. The van der Waals surface area contributed by atoms with Gasteiger partial charge in [-0.3, -0.25) is 4.79 Å². The Labute approximate surface area is 197 Å². The van der Waals surface area contributed by atoms with Gasteiger partial charge >= 0.3 is 0 Å². The Balaban J connectivity index is 0.00000259. The second kappa shape index (κ2) is 9.43. The lowest BCUT2D eigenvalue weighted by Crippen LogP contribution is -2.42. The Kier molecular flexibility index (Phi) is 6.61. The number of halogens is 3. The largest absolute Gasteiger partial charge is 0.486 e. The Morgan fingerprint density at radius 1 is 1.21 bits per heavy atom. The molecule has 0 spiro atoms. The highest BCUT2D eigenvalue weighted by molar-refractivity contribution is 5.97. The van der Waals surface area contributed by atoms with Crippen LogP contribution in [0.4, 0.5) is 8.78 Å². The summed E-state index contributed by atoms with van der Waals surface area (Å²) in [6.45, 7) is 1.06. The van der Waals surface area contributed by atoms with Crippen LogP contribution < -0.4 is 10.5 Å². The van der Waals surface area contributed by atoms with Gasteiger partial charge < -0.3 is 20.4 Å². The number of aromatic nitrogens is 1. The SMILES string of the molecule is Cl.NC(=O)c1ccc(F)c2c1OCC(N(CCCc1c[nH]c3ccc(F)cc13)C1CCC1)=C2. The number of hydrogen-bond acceptors (Lipinski definition) is 3. The number of carbonyl (C=O) groups excluding carboxylic acids is 1. The zero-order chi connectivity index (χ0) is 22.2. The van der Waals surface area contributed by atoms with E-state index in [0.29, 0.717) is 6.04 Å². The van der Waals surface area contributed by atoms with Crippen molar-refractivity contribution in [3.05, 3.63) is 70.6 Å². The van der Waals surface area contributed by atoms with Gasteiger partial charge in [-0.05, 0) is 74.1 Å². The van der Waals surface area contributed by atoms with Crippen molar-refractivity contribution in [1.82, 2.24) is 9.88 Å². The smallest absolute Gasteiger partial charge is 0.252 e. The van der Waals surface area contributed by atoms with Crippen molar-refractivity contribution < 1.29 is 18.3 Å². The molecule has 0 saturated heterocycles. The second-order valence-electron chi connectivity index (χ2n) is 8.51. The highest BCUT2D eigenvalue weighted by atomic mass is 35.5. The lowest BCUT2D eigenvalue weighted by atomic mass is 9.90. The fourth-order valence-electron chi connectivity index (χ4n) is 4.64. The van der Waals surface area contributed by atoms with Gasteiger partial charge in [0, 0.05) is 29.7 Å². The molecule has 8 heteroatoms. The third-order valence-corrected chi connectivity index (χ3v) is 6.54. The van der Waals surface area contributed by atoms with Gasteiger partial charge in [0.1, 0.15) is 24.0 Å². The van der Waals surface area contributed by atoms with Gasteiger partial charge in [0.15, 0.2) is 0 Å².